The first kappa shape index (κ1) is 19.3. The van der Waals surface area contributed by atoms with Gasteiger partial charge in [-0.15, -0.1) is 11.3 Å². The van der Waals surface area contributed by atoms with E-state index in [1.165, 1.54) is 17.5 Å². The zero-order valence-electron chi connectivity index (χ0n) is 17.2. The van der Waals surface area contributed by atoms with E-state index in [2.05, 4.69) is 35.1 Å². The molecule has 3 N–H and O–H groups in total. The van der Waals surface area contributed by atoms with Crippen molar-refractivity contribution in [2.75, 3.05) is 0 Å². The molecule has 6 aromatic rings. The minimum Gasteiger partial charge on any atom is -0.506 e. The van der Waals surface area contributed by atoms with Crippen LogP contribution in [0.5, 0.6) is 5.75 Å². The number of aromatic hydroxyl groups is 1. The van der Waals surface area contributed by atoms with Gasteiger partial charge in [-0.25, -0.2) is 15.0 Å². The largest absolute Gasteiger partial charge is 0.506 e. The highest BCUT2D eigenvalue weighted by molar-refractivity contribution is 7.17. The molecule has 160 valence electrons. The number of fused-ring (bicyclic) bond motifs is 2. The van der Waals surface area contributed by atoms with E-state index in [1.807, 2.05) is 24.3 Å². The summed E-state index contributed by atoms with van der Waals surface area (Å²) in [7, 11) is 0. The Hall–Kier alpha value is -4.44. The Kier molecular flexibility index (Phi) is 4.27. The molecule has 0 amide bonds. The summed E-state index contributed by atoms with van der Waals surface area (Å²) in [5.74, 6) is 0.692. The number of rotatable bonds is 4. The van der Waals surface area contributed by atoms with E-state index >= 15 is 0 Å². The monoisotopic (exact) mass is 453 g/mol. The van der Waals surface area contributed by atoms with E-state index in [0.29, 0.717) is 27.7 Å². The zero-order valence-corrected chi connectivity index (χ0v) is 18.0. The van der Waals surface area contributed by atoms with Crippen molar-refractivity contribution in [1.29, 1.82) is 0 Å². The van der Waals surface area contributed by atoms with Crippen molar-refractivity contribution in [3.05, 3.63) is 60.0 Å². The van der Waals surface area contributed by atoms with Gasteiger partial charge in [-0.1, -0.05) is 0 Å². The first-order valence-corrected chi connectivity index (χ1v) is 10.8. The van der Waals surface area contributed by atoms with Gasteiger partial charge in [0.25, 0.3) is 0 Å². The van der Waals surface area contributed by atoms with Crippen molar-refractivity contribution in [2.24, 2.45) is 0 Å². The maximum absolute atomic E-state index is 11.7. The highest BCUT2D eigenvalue weighted by Gasteiger charge is 2.17. The Morgan fingerprint density at radius 3 is 2.73 bits per heavy atom. The second-order valence-electron chi connectivity index (χ2n) is 7.49. The van der Waals surface area contributed by atoms with Crippen molar-refractivity contribution in [1.82, 2.24) is 35.1 Å². The Balaban J connectivity index is 1.48. The zero-order chi connectivity index (χ0) is 22.5. The lowest BCUT2D eigenvalue weighted by Gasteiger charge is -2.02. The topological polar surface area (TPSA) is 133 Å². The van der Waals surface area contributed by atoms with Crippen LogP contribution < -0.4 is 0 Å². The molecule has 6 aromatic heterocycles. The fraction of sp³-hybridized carbons (Fsp3) is 0.0435. The Morgan fingerprint density at radius 2 is 1.91 bits per heavy atom. The smallest absolute Gasteiger partial charge is 0.181 e. The number of hydrogen-bond acceptors (Lipinski definition) is 8. The predicted molar refractivity (Wildman–Crippen MR) is 125 cm³/mol. The molecular weight excluding hydrogens is 438 g/mol. The number of nitrogens with zero attached hydrogens (tertiary/aromatic N) is 5. The number of H-pyrrole nitrogens is 2. The van der Waals surface area contributed by atoms with Gasteiger partial charge in [-0.2, -0.15) is 5.10 Å². The number of carbonyl (C=O) groups is 1. The Labute approximate surface area is 190 Å². The normalized spacial score (nSPS) is 11.4. The van der Waals surface area contributed by atoms with Gasteiger partial charge in [-0.3, -0.25) is 14.9 Å². The second kappa shape index (κ2) is 7.31. The van der Waals surface area contributed by atoms with Gasteiger partial charge in [0, 0.05) is 40.2 Å². The number of pyridine rings is 3. The fourth-order valence-electron chi connectivity index (χ4n) is 3.73. The van der Waals surface area contributed by atoms with Gasteiger partial charge in [0.1, 0.15) is 11.4 Å². The van der Waals surface area contributed by atoms with Crippen LogP contribution in [0.3, 0.4) is 0 Å². The van der Waals surface area contributed by atoms with Gasteiger partial charge < -0.3 is 10.1 Å². The minimum atomic E-state index is 0.0380. The van der Waals surface area contributed by atoms with Crippen LogP contribution >= 0.6 is 11.3 Å². The molecule has 9 nitrogen and oxygen atoms in total. The van der Waals surface area contributed by atoms with Crippen molar-refractivity contribution < 1.29 is 9.90 Å². The summed E-state index contributed by atoms with van der Waals surface area (Å²) in [5, 5.41) is 17.9. The van der Waals surface area contributed by atoms with Crippen LogP contribution in [-0.2, 0) is 0 Å². The molecule has 0 aliphatic carbocycles. The lowest BCUT2D eigenvalue weighted by atomic mass is 10.1. The number of aromatic amines is 2. The number of imidazole rings is 1. The van der Waals surface area contributed by atoms with Crippen molar-refractivity contribution in [2.45, 2.75) is 6.92 Å². The lowest BCUT2D eigenvalue weighted by Crippen LogP contribution is -1.85. The van der Waals surface area contributed by atoms with Gasteiger partial charge >= 0.3 is 0 Å². The summed E-state index contributed by atoms with van der Waals surface area (Å²) in [6.07, 6.45) is 6.43. The molecule has 0 bridgehead atoms. The summed E-state index contributed by atoms with van der Waals surface area (Å²) in [6, 6.07) is 9.22. The minimum absolute atomic E-state index is 0.0380. The molecule has 33 heavy (non-hydrogen) atoms. The number of thiophene rings is 1. The van der Waals surface area contributed by atoms with Gasteiger partial charge in [0.2, 0.25) is 0 Å². The number of Topliss-reactive ketones (excluding diaryl/α,β-unsaturated/α-hetero) is 1. The molecule has 0 unspecified atom stereocenters. The molecule has 0 spiro atoms. The quantitative estimate of drug-likeness (QED) is 0.332. The fourth-order valence-corrected chi connectivity index (χ4v) is 4.66. The molecule has 0 atom stereocenters. The summed E-state index contributed by atoms with van der Waals surface area (Å²) in [5.41, 5.74) is 5.00. The first-order chi connectivity index (χ1) is 16.1. The molecule has 0 aliphatic heterocycles. The van der Waals surface area contributed by atoms with Crippen LogP contribution in [0.25, 0.3) is 55.3 Å². The molecule has 0 aromatic carbocycles. The molecule has 0 aliphatic rings. The van der Waals surface area contributed by atoms with E-state index in [1.54, 1.807) is 31.6 Å². The van der Waals surface area contributed by atoms with Crippen LogP contribution in [0, 0.1) is 0 Å². The number of ketones is 1. The molecule has 0 saturated carbocycles. The van der Waals surface area contributed by atoms with E-state index < -0.39 is 0 Å². The van der Waals surface area contributed by atoms with E-state index in [0.717, 1.165) is 32.5 Å². The first-order valence-electron chi connectivity index (χ1n) is 10.0. The molecule has 6 rings (SSSR count). The lowest BCUT2D eigenvalue weighted by molar-refractivity contribution is 0.102. The number of nitrogens with one attached hydrogen (secondary N) is 2. The third-order valence-corrected chi connectivity index (χ3v) is 6.53. The summed E-state index contributed by atoms with van der Waals surface area (Å²) in [4.78, 5) is 34.3. The van der Waals surface area contributed by atoms with Crippen LogP contribution in [-0.4, -0.2) is 46.0 Å². The second-order valence-corrected chi connectivity index (χ2v) is 8.57. The van der Waals surface area contributed by atoms with Crippen molar-refractivity contribution >= 4 is 39.3 Å². The van der Waals surface area contributed by atoms with Crippen molar-refractivity contribution in [3.63, 3.8) is 0 Å². The Morgan fingerprint density at radius 1 is 1.03 bits per heavy atom. The van der Waals surface area contributed by atoms with E-state index in [4.69, 9.17) is 0 Å². The van der Waals surface area contributed by atoms with Gasteiger partial charge in [0.15, 0.2) is 22.9 Å². The van der Waals surface area contributed by atoms with Crippen LogP contribution in [0.1, 0.15) is 16.6 Å². The van der Waals surface area contributed by atoms with Crippen LogP contribution in [0.15, 0.2) is 55.1 Å². The average molecular weight is 453 g/mol. The standard InChI is InChI=1S/C23H15N7O2S/c1-11(31)17-2-3-18(33-17)15-4-5-25-22-19(15)27-23(28-22)20-16-7-13(9-26-21(16)30-29-20)12-6-14(32)10-24-8-12/h2-10,32H,1H3,(H,25,27,28)(H,26,29,30). The SMILES string of the molecule is CC(=O)c1ccc(-c2ccnc3nc(-c4[nH]nc5ncc(-c6cncc(O)c6)cc45)[nH]c23)s1. The average Bonchev–Trinajstić information content (AvgIpc) is 3.55. The highest BCUT2D eigenvalue weighted by Crippen LogP contribution is 2.34. The van der Waals surface area contributed by atoms with Gasteiger partial charge in [0.05, 0.1) is 22.0 Å². The van der Waals surface area contributed by atoms with E-state index in [9.17, 15) is 9.90 Å². The number of hydrogen-bond donors (Lipinski definition) is 3. The predicted octanol–water partition coefficient (Wildman–Crippen LogP) is 4.59. The molecular formula is C23H15N7O2S. The third-order valence-electron chi connectivity index (χ3n) is 5.31. The molecule has 0 saturated heterocycles. The molecule has 10 heteroatoms. The summed E-state index contributed by atoms with van der Waals surface area (Å²) >= 11 is 1.44. The number of aromatic nitrogens is 7. The van der Waals surface area contributed by atoms with Crippen LogP contribution in [0.2, 0.25) is 0 Å². The maximum atomic E-state index is 11.7. The highest BCUT2D eigenvalue weighted by atomic mass is 32.1. The Bertz CT molecular complexity index is 1680. The number of carbonyl (C=O) groups excluding carboxylic acids is 1. The molecule has 6 heterocycles. The van der Waals surface area contributed by atoms with Gasteiger partial charge in [-0.05, 0) is 37.3 Å². The third kappa shape index (κ3) is 3.24. The summed E-state index contributed by atoms with van der Waals surface area (Å²) < 4.78 is 0. The molecule has 0 radical (unpaired) electrons. The molecule has 0 fully saturated rings. The van der Waals surface area contributed by atoms with Crippen molar-refractivity contribution in [3.8, 4) is 38.8 Å². The van der Waals surface area contributed by atoms with Crippen LogP contribution in [0.4, 0.5) is 0 Å². The summed E-state index contributed by atoms with van der Waals surface area (Å²) in [6.45, 7) is 1.56. The maximum Gasteiger partial charge on any atom is 0.181 e. The van der Waals surface area contributed by atoms with E-state index in [-0.39, 0.29) is 11.5 Å².